The predicted octanol–water partition coefficient (Wildman–Crippen LogP) is 6.03. The number of carbonyl (C=O) groups excluding carboxylic acids is 1. The van der Waals surface area contributed by atoms with Gasteiger partial charge in [-0.2, -0.15) is 0 Å². The first-order chi connectivity index (χ1) is 13.3. The molecule has 2 aromatic heterocycles. The fourth-order valence-electron chi connectivity index (χ4n) is 2.96. The number of rotatable bonds is 6. The number of thiophene rings is 1. The van der Waals surface area contributed by atoms with Gasteiger partial charge in [-0.05, 0) is 54.1 Å². The third-order valence-corrected chi connectivity index (χ3v) is 5.39. The standard InChI is InChI=1S/C24H19NOS/c26-24(20-9-6-10-21(18-20)25-15-4-5-16-25)14-13-22-11-12-23(27-22)17-19-7-2-1-3-8-19/h1-16,18H,17H2/b14-13+. The molecule has 0 aliphatic heterocycles. The third kappa shape index (κ3) is 4.33. The van der Waals surface area contributed by atoms with Gasteiger partial charge in [0.05, 0.1) is 0 Å². The number of nitrogens with zero attached hydrogens (tertiary/aromatic N) is 1. The van der Waals surface area contributed by atoms with E-state index in [2.05, 4.69) is 36.4 Å². The van der Waals surface area contributed by atoms with E-state index >= 15 is 0 Å². The van der Waals surface area contributed by atoms with Crippen molar-refractivity contribution in [3.8, 4) is 5.69 Å². The molecule has 2 aromatic carbocycles. The number of carbonyl (C=O) groups is 1. The van der Waals surface area contributed by atoms with E-state index in [9.17, 15) is 4.79 Å². The number of benzene rings is 2. The Bertz CT molecular complexity index is 1060. The third-order valence-electron chi connectivity index (χ3n) is 4.34. The van der Waals surface area contributed by atoms with Gasteiger partial charge in [-0.15, -0.1) is 11.3 Å². The molecule has 132 valence electrons. The zero-order valence-corrected chi connectivity index (χ0v) is 15.6. The van der Waals surface area contributed by atoms with Crippen LogP contribution in [0, 0.1) is 0 Å². The van der Waals surface area contributed by atoms with Crippen LogP contribution in [0.5, 0.6) is 0 Å². The molecule has 0 spiro atoms. The SMILES string of the molecule is O=C(/C=C/c1ccc(Cc2ccccc2)s1)c1cccc(-n2cccc2)c1. The number of hydrogen-bond donors (Lipinski definition) is 0. The Labute approximate surface area is 163 Å². The van der Waals surface area contributed by atoms with E-state index in [0.717, 1.165) is 17.0 Å². The van der Waals surface area contributed by atoms with Crippen molar-refractivity contribution in [2.75, 3.05) is 0 Å². The van der Waals surface area contributed by atoms with Gasteiger partial charge in [-0.25, -0.2) is 0 Å². The average molecular weight is 369 g/mol. The van der Waals surface area contributed by atoms with Crippen molar-refractivity contribution in [2.24, 2.45) is 0 Å². The van der Waals surface area contributed by atoms with Crippen LogP contribution in [0.1, 0.15) is 25.7 Å². The fourth-order valence-corrected chi connectivity index (χ4v) is 3.91. The molecule has 4 rings (SSSR count). The fraction of sp³-hybridized carbons (Fsp3) is 0.0417. The van der Waals surface area contributed by atoms with Crippen LogP contribution in [-0.4, -0.2) is 10.4 Å². The minimum absolute atomic E-state index is 0.0158. The smallest absolute Gasteiger partial charge is 0.185 e. The van der Waals surface area contributed by atoms with Crippen LogP contribution in [0.15, 0.2) is 97.3 Å². The van der Waals surface area contributed by atoms with Crippen LogP contribution in [0.25, 0.3) is 11.8 Å². The van der Waals surface area contributed by atoms with Crippen LogP contribution in [0.4, 0.5) is 0 Å². The number of allylic oxidation sites excluding steroid dienone is 1. The lowest BCUT2D eigenvalue weighted by molar-refractivity contribution is 0.104. The van der Waals surface area contributed by atoms with E-state index in [1.54, 1.807) is 17.4 Å². The topological polar surface area (TPSA) is 22.0 Å². The maximum Gasteiger partial charge on any atom is 0.185 e. The van der Waals surface area contributed by atoms with Gasteiger partial charge in [0.2, 0.25) is 0 Å². The molecule has 0 saturated heterocycles. The molecule has 0 atom stereocenters. The summed E-state index contributed by atoms with van der Waals surface area (Å²) in [7, 11) is 0. The van der Waals surface area contributed by atoms with Gasteiger partial charge in [0.1, 0.15) is 0 Å². The summed E-state index contributed by atoms with van der Waals surface area (Å²) >= 11 is 1.72. The molecule has 3 heteroatoms. The summed E-state index contributed by atoms with van der Waals surface area (Å²) in [6.07, 6.45) is 8.43. The number of ketones is 1. The van der Waals surface area contributed by atoms with E-state index in [-0.39, 0.29) is 5.78 Å². The van der Waals surface area contributed by atoms with Gasteiger partial charge in [0.15, 0.2) is 5.78 Å². The lowest BCUT2D eigenvalue weighted by Crippen LogP contribution is -1.97. The van der Waals surface area contributed by atoms with Gasteiger partial charge in [0, 0.05) is 39.8 Å². The Kier molecular flexibility index (Phi) is 5.13. The predicted molar refractivity (Wildman–Crippen MR) is 113 cm³/mol. The second-order valence-corrected chi connectivity index (χ2v) is 7.50. The monoisotopic (exact) mass is 369 g/mol. The molecule has 0 saturated carbocycles. The summed E-state index contributed by atoms with van der Waals surface area (Å²) in [5, 5.41) is 0. The molecule has 0 fully saturated rings. The molecule has 2 nitrogen and oxygen atoms in total. The molecule has 0 unspecified atom stereocenters. The van der Waals surface area contributed by atoms with Crippen LogP contribution in [-0.2, 0) is 6.42 Å². The highest BCUT2D eigenvalue weighted by atomic mass is 32.1. The molecule has 0 amide bonds. The van der Waals surface area contributed by atoms with E-state index < -0.39 is 0 Å². The Morgan fingerprint density at radius 3 is 2.52 bits per heavy atom. The molecular formula is C24H19NOS. The van der Waals surface area contributed by atoms with Crippen molar-refractivity contribution in [3.63, 3.8) is 0 Å². The lowest BCUT2D eigenvalue weighted by atomic mass is 10.1. The maximum atomic E-state index is 12.5. The first-order valence-electron chi connectivity index (χ1n) is 8.86. The van der Waals surface area contributed by atoms with Gasteiger partial charge in [0.25, 0.3) is 0 Å². The second-order valence-electron chi connectivity index (χ2n) is 6.30. The second kappa shape index (κ2) is 8.02. The Hall–Kier alpha value is -3.17. The highest BCUT2D eigenvalue weighted by Gasteiger charge is 2.05. The first kappa shape index (κ1) is 17.3. The zero-order chi connectivity index (χ0) is 18.5. The maximum absolute atomic E-state index is 12.5. The Balaban J connectivity index is 1.45. The van der Waals surface area contributed by atoms with Crippen molar-refractivity contribution >= 4 is 23.2 Å². The number of aromatic nitrogens is 1. The summed E-state index contributed by atoms with van der Waals surface area (Å²) in [5.74, 6) is 0.0158. The van der Waals surface area contributed by atoms with Crippen molar-refractivity contribution < 1.29 is 4.79 Å². The molecule has 0 radical (unpaired) electrons. The molecule has 4 aromatic rings. The quantitative estimate of drug-likeness (QED) is 0.301. The largest absolute Gasteiger partial charge is 0.324 e. The molecule has 27 heavy (non-hydrogen) atoms. The highest BCUT2D eigenvalue weighted by molar-refractivity contribution is 7.12. The minimum Gasteiger partial charge on any atom is -0.324 e. The molecule has 0 N–H and O–H groups in total. The first-order valence-corrected chi connectivity index (χ1v) is 9.68. The molecule has 2 heterocycles. The van der Waals surface area contributed by atoms with Crippen molar-refractivity contribution in [1.82, 2.24) is 4.57 Å². The van der Waals surface area contributed by atoms with Crippen LogP contribution < -0.4 is 0 Å². The van der Waals surface area contributed by atoms with E-state index in [1.807, 2.05) is 65.5 Å². The minimum atomic E-state index is 0.0158. The summed E-state index contributed by atoms with van der Waals surface area (Å²) in [4.78, 5) is 14.9. The Morgan fingerprint density at radius 2 is 1.70 bits per heavy atom. The molecule has 0 bridgehead atoms. The van der Waals surface area contributed by atoms with Crippen molar-refractivity contribution in [1.29, 1.82) is 0 Å². The van der Waals surface area contributed by atoms with Gasteiger partial charge in [-0.1, -0.05) is 42.5 Å². The number of hydrogen-bond acceptors (Lipinski definition) is 2. The van der Waals surface area contributed by atoms with Crippen molar-refractivity contribution in [3.05, 3.63) is 118 Å². The summed E-state index contributed by atoms with van der Waals surface area (Å²) in [6.45, 7) is 0. The van der Waals surface area contributed by atoms with Crippen molar-refractivity contribution in [2.45, 2.75) is 6.42 Å². The van der Waals surface area contributed by atoms with Crippen LogP contribution in [0.3, 0.4) is 0 Å². The van der Waals surface area contributed by atoms with E-state index in [4.69, 9.17) is 0 Å². The Morgan fingerprint density at radius 1 is 0.889 bits per heavy atom. The zero-order valence-electron chi connectivity index (χ0n) is 14.8. The average Bonchev–Trinajstić information content (AvgIpc) is 3.39. The van der Waals surface area contributed by atoms with Gasteiger partial charge in [-0.3, -0.25) is 4.79 Å². The summed E-state index contributed by atoms with van der Waals surface area (Å²) < 4.78 is 2.00. The molecular weight excluding hydrogens is 350 g/mol. The van der Waals surface area contributed by atoms with E-state index in [1.165, 1.54) is 10.4 Å². The molecule has 0 aliphatic carbocycles. The lowest BCUT2D eigenvalue weighted by Gasteiger charge is -2.04. The highest BCUT2D eigenvalue weighted by Crippen LogP contribution is 2.21. The van der Waals surface area contributed by atoms with E-state index in [0.29, 0.717) is 5.56 Å². The van der Waals surface area contributed by atoms with Gasteiger partial charge >= 0.3 is 0 Å². The summed E-state index contributed by atoms with van der Waals surface area (Å²) in [6, 6.07) is 26.3. The van der Waals surface area contributed by atoms with Crippen LogP contribution in [0.2, 0.25) is 0 Å². The van der Waals surface area contributed by atoms with Gasteiger partial charge < -0.3 is 4.57 Å². The van der Waals surface area contributed by atoms with Crippen LogP contribution >= 0.6 is 11.3 Å². The normalized spacial score (nSPS) is 11.1. The summed E-state index contributed by atoms with van der Waals surface area (Å²) in [5.41, 5.74) is 2.98. The molecule has 0 aliphatic rings.